The summed E-state index contributed by atoms with van der Waals surface area (Å²) in [5, 5.41) is 0. The molecular weight excluding hydrogens is 210 g/mol. The first-order chi connectivity index (χ1) is 6.77. The third-order valence-electron chi connectivity index (χ3n) is 2.82. The fourth-order valence-corrected chi connectivity index (χ4v) is 1.96. The van der Waals surface area contributed by atoms with Crippen LogP contribution in [0.4, 0.5) is 0 Å². The lowest BCUT2D eigenvalue weighted by molar-refractivity contribution is -0.123. The molecular formula is C12H16ClNO. The van der Waals surface area contributed by atoms with E-state index in [-0.39, 0.29) is 18.3 Å². The summed E-state index contributed by atoms with van der Waals surface area (Å²) in [5.41, 5.74) is 1.16. The van der Waals surface area contributed by atoms with Gasteiger partial charge in [-0.05, 0) is 12.6 Å². The Balaban J connectivity index is 0.00000112. The summed E-state index contributed by atoms with van der Waals surface area (Å²) >= 11 is 0. The van der Waals surface area contributed by atoms with Crippen molar-refractivity contribution in [3.05, 3.63) is 35.9 Å². The number of piperidine rings is 1. The zero-order valence-electron chi connectivity index (χ0n) is 8.85. The van der Waals surface area contributed by atoms with Gasteiger partial charge in [-0.1, -0.05) is 30.3 Å². The Morgan fingerprint density at radius 1 is 1.27 bits per heavy atom. The van der Waals surface area contributed by atoms with E-state index in [1.54, 1.807) is 0 Å². The van der Waals surface area contributed by atoms with Crippen molar-refractivity contribution in [1.82, 2.24) is 4.90 Å². The highest BCUT2D eigenvalue weighted by Crippen LogP contribution is 2.22. The Morgan fingerprint density at radius 2 is 1.93 bits per heavy atom. The molecule has 1 fully saturated rings. The van der Waals surface area contributed by atoms with Gasteiger partial charge in [0, 0.05) is 19.5 Å². The van der Waals surface area contributed by atoms with Crippen molar-refractivity contribution in [1.29, 1.82) is 0 Å². The maximum Gasteiger partial charge on any atom is 0.142 e. The largest absolute Gasteiger partial charge is 0.305 e. The molecule has 0 radical (unpaired) electrons. The van der Waals surface area contributed by atoms with E-state index in [9.17, 15) is 4.79 Å². The van der Waals surface area contributed by atoms with Crippen LogP contribution in [-0.2, 0) is 4.79 Å². The van der Waals surface area contributed by atoms with Gasteiger partial charge in [0.25, 0.3) is 0 Å². The molecule has 0 spiro atoms. The maximum atomic E-state index is 11.7. The number of likely N-dealkylation sites (N-methyl/N-ethyl adjacent to an activating group) is 1. The van der Waals surface area contributed by atoms with E-state index < -0.39 is 0 Å². The van der Waals surface area contributed by atoms with Gasteiger partial charge in [-0.15, -0.1) is 12.4 Å². The number of halogens is 1. The number of likely N-dealkylation sites (tertiary alicyclic amines) is 1. The SMILES string of the molecule is CN1CCC(=O)C(c2ccccc2)C1.Cl. The second-order valence-corrected chi connectivity index (χ2v) is 3.94. The molecule has 0 aromatic heterocycles. The number of hydrogen-bond acceptors (Lipinski definition) is 2. The average molecular weight is 226 g/mol. The topological polar surface area (TPSA) is 20.3 Å². The molecule has 1 aliphatic heterocycles. The van der Waals surface area contributed by atoms with Gasteiger partial charge in [0.05, 0.1) is 5.92 Å². The molecule has 82 valence electrons. The summed E-state index contributed by atoms with van der Waals surface area (Å²) < 4.78 is 0. The Kier molecular flexibility index (Phi) is 4.30. The lowest BCUT2D eigenvalue weighted by atomic mass is 9.90. The van der Waals surface area contributed by atoms with Crippen molar-refractivity contribution in [3.63, 3.8) is 0 Å². The smallest absolute Gasteiger partial charge is 0.142 e. The molecule has 1 heterocycles. The Bertz CT molecular complexity index is 326. The highest BCUT2D eigenvalue weighted by molar-refractivity contribution is 5.86. The van der Waals surface area contributed by atoms with Crippen molar-refractivity contribution >= 4 is 18.2 Å². The van der Waals surface area contributed by atoms with Gasteiger partial charge >= 0.3 is 0 Å². The van der Waals surface area contributed by atoms with Crippen LogP contribution in [0.3, 0.4) is 0 Å². The first kappa shape index (κ1) is 12.2. The molecule has 1 aromatic carbocycles. The molecule has 2 rings (SSSR count). The summed E-state index contributed by atoms with van der Waals surface area (Å²) in [6, 6.07) is 10.1. The van der Waals surface area contributed by atoms with Crippen LogP contribution in [0, 0.1) is 0 Å². The molecule has 0 amide bonds. The average Bonchev–Trinajstić information content (AvgIpc) is 2.23. The molecule has 0 saturated carbocycles. The van der Waals surface area contributed by atoms with Crippen LogP contribution in [-0.4, -0.2) is 30.8 Å². The van der Waals surface area contributed by atoms with Crippen LogP contribution in [0.25, 0.3) is 0 Å². The molecule has 3 heteroatoms. The first-order valence-electron chi connectivity index (χ1n) is 5.03. The zero-order valence-corrected chi connectivity index (χ0v) is 9.67. The van der Waals surface area contributed by atoms with Crippen molar-refractivity contribution in [2.45, 2.75) is 12.3 Å². The molecule has 1 aliphatic rings. The van der Waals surface area contributed by atoms with Crippen LogP contribution >= 0.6 is 12.4 Å². The molecule has 0 N–H and O–H groups in total. The molecule has 0 aliphatic carbocycles. The lowest BCUT2D eigenvalue weighted by Gasteiger charge is -2.28. The lowest BCUT2D eigenvalue weighted by Crippen LogP contribution is -2.36. The summed E-state index contributed by atoms with van der Waals surface area (Å²) in [6.07, 6.45) is 0.691. The Morgan fingerprint density at radius 3 is 2.60 bits per heavy atom. The fraction of sp³-hybridized carbons (Fsp3) is 0.417. The molecule has 2 nitrogen and oxygen atoms in total. The van der Waals surface area contributed by atoms with E-state index in [0.717, 1.165) is 18.7 Å². The number of nitrogens with zero attached hydrogens (tertiary/aromatic N) is 1. The van der Waals surface area contributed by atoms with E-state index in [2.05, 4.69) is 11.9 Å². The number of ketones is 1. The number of Topliss-reactive ketones (excluding diaryl/α,β-unsaturated/α-hetero) is 1. The number of carbonyl (C=O) groups is 1. The number of carbonyl (C=O) groups excluding carboxylic acids is 1. The molecule has 1 aromatic rings. The Labute approximate surface area is 96.7 Å². The van der Waals surface area contributed by atoms with Gasteiger partial charge in [0.1, 0.15) is 5.78 Å². The van der Waals surface area contributed by atoms with E-state index in [1.807, 2.05) is 30.3 Å². The van der Waals surface area contributed by atoms with E-state index in [4.69, 9.17) is 0 Å². The zero-order chi connectivity index (χ0) is 9.97. The van der Waals surface area contributed by atoms with Crippen molar-refractivity contribution in [2.75, 3.05) is 20.1 Å². The summed E-state index contributed by atoms with van der Waals surface area (Å²) in [7, 11) is 2.07. The van der Waals surface area contributed by atoms with Gasteiger partial charge in [0.15, 0.2) is 0 Å². The van der Waals surface area contributed by atoms with Crippen LogP contribution in [0.5, 0.6) is 0 Å². The molecule has 1 saturated heterocycles. The Hall–Kier alpha value is -0.860. The van der Waals surface area contributed by atoms with Gasteiger partial charge < -0.3 is 4.90 Å². The second-order valence-electron chi connectivity index (χ2n) is 3.94. The second kappa shape index (κ2) is 5.29. The van der Waals surface area contributed by atoms with Crippen molar-refractivity contribution in [3.8, 4) is 0 Å². The molecule has 0 bridgehead atoms. The third-order valence-corrected chi connectivity index (χ3v) is 2.82. The minimum absolute atomic E-state index is 0. The van der Waals surface area contributed by atoms with Gasteiger partial charge in [-0.25, -0.2) is 0 Å². The predicted molar refractivity (Wildman–Crippen MR) is 63.6 cm³/mol. The normalized spacial score (nSPS) is 22.2. The van der Waals surface area contributed by atoms with Gasteiger partial charge in [-0.3, -0.25) is 4.79 Å². The predicted octanol–water partition coefficient (Wildman–Crippen LogP) is 2.10. The molecule has 15 heavy (non-hydrogen) atoms. The third kappa shape index (κ3) is 2.80. The van der Waals surface area contributed by atoms with Crippen LogP contribution in [0.1, 0.15) is 17.9 Å². The highest BCUT2D eigenvalue weighted by atomic mass is 35.5. The number of rotatable bonds is 1. The minimum Gasteiger partial charge on any atom is -0.305 e. The van der Waals surface area contributed by atoms with Crippen LogP contribution in [0.2, 0.25) is 0 Å². The first-order valence-corrected chi connectivity index (χ1v) is 5.03. The summed E-state index contributed by atoms with van der Waals surface area (Å²) in [6.45, 7) is 1.77. The maximum absolute atomic E-state index is 11.7. The fourth-order valence-electron chi connectivity index (χ4n) is 1.96. The van der Waals surface area contributed by atoms with Crippen LogP contribution < -0.4 is 0 Å². The minimum atomic E-state index is 0. The standard InChI is InChI=1S/C12H15NO.ClH/c1-13-8-7-12(14)11(9-13)10-5-3-2-4-6-10;/h2-6,11H,7-9H2,1H3;1H. The van der Waals surface area contributed by atoms with Crippen molar-refractivity contribution in [2.24, 2.45) is 0 Å². The van der Waals surface area contributed by atoms with E-state index in [1.165, 1.54) is 0 Å². The quantitative estimate of drug-likeness (QED) is 0.730. The number of benzene rings is 1. The molecule has 1 unspecified atom stereocenters. The van der Waals surface area contributed by atoms with Gasteiger partial charge in [-0.2, -0.15) is 0 Å². The summed E-state index contributed by atoms with van der Waals surface area (Å²) in [4.78, 5) is 13.9. The van der Waals surface area contributed by atoms with Crippen LogP contribution in [0.15, 0.2) is 30.3 Å². The van der Waals surface area contributed by atoms with Crippen molar-refractivity contribution < 1.29 is 4.79 Å². The summed E-state index contributed by atoms with van der Waals surface area (Å²) in [5.74, 6) is 0.476. The van der Waals surface area contributed by atoms with Gasteiger partial charge in [0.2, 0.25) is 0 Å². The van der Waals surface area contributed by atoms with E-state index in [0.29, 0.717) is 12.2 Å². The monoisotopic (exact) mass is 225 g/mol. The highest BCUT2D eigenvalue weighted by Gasteiger charge is 2.26. The molecule has 1 atom stereocenters. The van der Waals surface area contributed by atoms with E-state index >= 15 is 0 Å². The number of hydrogen-bond donors (Lipinski definition) is 0.